The summed E-state index contributed by atoms with van der Waals surface area (Å²) in [6, 6.07) is 9.61. The van der Waals surface area contributed by atoms with Gasteiger partial charge in [0.15, 0.2) is 6.17 Å². The first kappa shape index (κ1) is 17.4. The average molecular weight is 323 g/mol. The number of ether oxygens (including phenoxy) is 1. The first-order valence-corrected chi connectivity index (χ1v) is 7.87. The maximum Gasteiger partial charge on any atom is 0.310 e. The molecule has 1 aliphatic heterocycles. The molecule has 0 saturated carbocycles. The van der Waals surface area contributed by atoms with Gasteiger partial charge in [-0.1, -0.05) is 30.3 Å². The van der Waals surface area contributed by atoms with E-state index in [0.29, 0.717) is 39.1 Å². The highest BCUT2D eigenvalue weighted by Gasteiger charge is 2.36. The van der Waals surface area contributed by atoms with Crippen molar-refractivity contribution in [2.75, 3.05) is 26.3 Å². The monoisotopic (exact) mass is 323 g/mol. The molecule has 1 saturated heterocycles. The molecule has 0 bridgehead atoms. The Balaban J connectivity index is 1.89. The Kier molecular flexibility index (Phi) is 6.52. The smallest absolute Gasteiger partial charge is 0.310 e. The van der Waals surface area contributed by atoms with Gasteiger partial charge in [-0.3, -0.25) is 9.59 Å². The predicted molar refractivity (Wildman–Crippen MR) is 82.8 cm³/mol. The second-order valence-electron chi connectivity index (χ2n) is 5.66. The molecule has 0 aliphatic carbocycles. The number of hydrogen-bond donors (Lipinski definition) is 1. The molecule has 1 N–H and O–H groups in total. The van der Waals surface area contributed by atoms with Crippen molar-refractivity contribution in [3.63, 3.8) is 0 Å². The second-order valence-corrected chi connectivity index (χ2v) is 5.66. The first-order valence-electron chi connectivity index (χ1n) is 7.87. The van der Waals surface area contributed by atoms with Gasteiger partial charge in [-0.15, -0.1) is 0 Å². The highest BCUT2D eigenvalue weighted by atomic mass is 19.1. The summed E-state index contributed by atoms with van der Waals surface area (Å²) in [5.74, 6) is -3.29. The van der Waals surface area contributed by atoms with Crippen LogP contribution < -0.4 is 0 Å². The molecule has 2 atom stereocenters. The van der Waals surface area contributed by atoms with Gasteiger partial charge >= 0.3 is 5.97 Å². The Hall–Kier alpha value is -1.95. The van der Waals surface area contributed by atoms with Crippen LogP contribution in [0.2, 0.25) is 0 Å². The molecule has 6 heteroatoms. The fraction of sp³-hybridized carbons (Fsp3) is 0.529. The van der Waals surface area contributed by atoms with Crippen LogP contribution in [0.15, 0.2) is 30.3 Å². The number of rotatable bonds is 7. The molecule has 1 aromatic carbocycles. The third-order valence-electron chi connectivity index (χ3n) is 4.05. The standard InChI is InChI=1S/C17H22FNO4/c18-15(16(20)19-9-11-23-12-10-19)14(17(21)22)8-4-7-13-5-2-1-3-6-13/h1-3,5-6,14-15H,4,7-12H2,(H,21,22). The highest BCUT2D eigenvalue weighted by Crippen LogP contribution is 2.20. The topological polar surface area (TPSA) is 66.8 Å². The van der Waals surface area contributed by atoms with E-state index >= 15 is 0 Å². The number of carbonyl (C=O) groups excluding carboxylic acids is 1. The summed E-state index contributed by atoms with van der Waals surface area (Å²) in [5.41, 5.74) is 1.08. The van der Waals surface area contributed by atoms with Gasteiger partial charge in [0, 0.05) is 13.1 Å². The molecule has 23 heavy (non-hydrogen) atoms. The molecule has 2 rings (SSSR count). The summed E-state index contributed by atoms with van der Waals surface area (Å²) in [4.78, 5) is 24.8. The van der Waals surface area contributed by atoms with Crippen molar-refractivity contribution in [1.29, 1.82) is 0 Å². The number of amides is 1. The number of aliphatic carboxylic acids is 1. The number of morpholine rings is 1. The molecular weight excluding hydrogens is 301 g/mol. The number of aryl methyl sites for hydroxylation is 1. The summed E-state index contributed by atoms with van der Waals surface area (Å²) in [6.45, 7) is 1.36. The van der Waals surface area contributed by atoms with E-state index in [0.717, 1.165) is 5.56 Å². The van der Waals surface area contributed by atoms with E-state index in [2.05, 4.69) is 0 Å². The third-order valence-corrected chi connectivity index (χ3v) is 4.05. The van der Waals surface area contributed by atoms with E-state index in [1.54, 1.807) is 0 Å². The molecule has 1 amide bonds. The molecule has 126 valence electrons. The van der Waals surface area contributed by atoms with Gasteiger partial charge in [0.25, 0.3) is 5.91 Å². The number of benzene rings is 1. The van der Waals surface area contributed by atoms with E-state index in [9.17, 15) is 19.1 Å². The number of carboxylic acids is 1. The number of carbonyl (C=O) groups is 2. The largest absolute Gasteiger partial charge is 0.481 e. The molecule has 1 aliphatic rings. The zero-order valence-corrected chi connectivity index (χ0v) is 13.0. The lowest BCUT2D eigenvalue weighted by atomic mass is 9.94. The fourth-order valence-corrected chi connectivity index (χ4v) is 2.70. The number of alkyl halides is 1. The molecule has 0 radical (unpaired) electrons. The van der Waals surface area contributed by atoms with Crippen LogP contribution in [-0.4, -0.2) is 54.4 Å². The maximum atomic E-state index is 14.4. The second kappa shape index (κ2) is 8.62. The summed E-state index contributed by atoms with van der Waals surface area (Å²) in [6.07, 6.45) is -0.663. The van der Waals surface area contributed by atoms with E-state index in [1.165, 1.54) is 4.90 Å². The number of carboxylic acid groups (broad SMARTS) is 1. The lowest BCUT2D eigenvalue weighted by Gasteiger charge is -2.29. The minimum absolute atomic E-state index is 0.140. The van der Waals surface area contributed by atoms with Gasteiger partial charge in [0.1, 0.15) is 0 Å². The minimum Gasteiger partial charge on any atom is -0.481 e. The Morgan fingerprint density at radius 1 is 1.22 bits per heavy atom. The molecule has 1 fully saturated rings. The quantitative estimate of drug-likeness (QED) is 0.832. The molecule has 1 aromatic rings. The molecule has 0 aromatic heterocycles. The van der Waals surface area contributed by atoms with E-state index in [4.69, 9.17) is 4.74 Å². The fourth-order valence-electron chi connectivity index (χ4n) is 2.70. The van der Waals surface area contributed by atoms with Crippen molar-refractivity contribution in [2.45, 2.75) is 25.4 Å². The maximum absolute atomic E-state index is 14.4. The van der Waals surface area contributed by atoms with Crippen LogP contribution in [-0.2, 0) is 20.7 Å². The average Bonchev–Trinajstić information content (AvgIpc) is 2.59. The van der Waals surface area contributed by atoms with Gasteiger partial charge in [-0.05, 0) is 24.8 Å². The Morgan fingerprint density at radius 2 is 1.87 bits per heavy atom. The SMILES string of the molecule is O=C(O)C(CCCc1ccccc1)C(F)C(=O)N1CCOCC1. The van der Waals surface area contributed by atoms with Crippen molar-refractivity contribution in [3.8, 4) is 0 Å². The first-order chi connectivity index (χ1) is 11.1. The van der Waals surface area contributed by atoms with Crippen molar-refractivity contribution < 1.29 is 23.8 Å². The van der Waals surface area contributed by atoms with E-state index in [-0.39, 0.29) is 6.42 Å². The Morgan fingerprint density at radius 3 is 2.48 bits per heavy atom. The molecular formula is C17H22FNO4. The zero-order chi connectivity index (χ0) is 16.7. The summed E-state index contributed by atoms with van der Waals surface area (Å²) in [7, 11) is 0. The van der Waals surface area contributed by atoms with Crippen LogP contribution in [0.1, 0.15) is 18.4 Å². The van der Waals surface area contributed by atoms with Crippen molar-refractivity contribution in [3.05, 3.63) is 35.9 Å². The zero-order valence-electron chi connectivity index (χ0n) is 13.0. The van der Waals surface area contributed by atoms with E-state index in [1.807, 2.05) is 30.3 Å². The highest BCUT2D eigenvalue weighted by molar-refractivity contribution is 5.86. The van der Waals surface area contributed by atoms with Crippen LogP contribution >= 0.6 is 0 Å². The van der Waals surface area contributed by atoms with Crippen molar-refractivity contribution in [2.24, 2.45) is 5.92 Å². The number of hydrogen-bond acceptors (Lipinski definition) is 3. The summed E-state index contributed by atoms with van der Waals surface area (Å²) >= 11 is 0. The van der Waals surface area contributed by atoms with Gasteiger partial charge in [-0.25, -0.2) is 4.39 Å². The van der Waals surface area contributed by atoms with Crippen LogP contribution in [0.4, 0.5) is 4.39 Å². The normalized spacial score (nSPS) is 17.5. The van der Waals surface area contributed by atoms with Crippen molar-refractivity contribution in [1.82, 2.24) is 4.90 Å². The number of nitrogens with zero attached hydrogens (tertiary/aromatic N) is 1. The van der Waals surface area contributed by atoms with Gasteiger partial charge < -0.3 is 14.7 Å². The lowest BCUT2D eigenvalue weighted by Crippen LogP contribution is -2.47. The molecule has 2 unspecified atom stereocenters. The van der Waals surface area contributed by atoms with Crippen LogP contribution in [0.25, 0.3) is 0 Å². The molecule has 0 spiro atoms. The third kappa shape index (κ3) is 5.03. The predicted octanol–water partition coefficient (Wildman–Crippen LogP) is 1.91. The van der Waals surface area contributed by atoms with Crippen LogP contribution in [0.3, 0.4) is 0 Å². The lowest BCUT2D eigenvalue weighted by molar-refractivity contribution is -0.153. The van der Waals surface area contributed by atoms with Gasteiger partial charge in [0.2, 0.25) is 0 Å². The van der Waals surface area contributed by atoms with Gasteiger partial charge in [0.05, 0.1) is 19.1 Å². The summed E-state index contributed by atoms with van der Waals surface area (Å²) in [5, 5.41) is 9.25. The summed E-state index contributed by atoms with van der Waals surface area (Å²) < 4.78 is 19.5. The Bertz CT molecular complexity index is 517. The minimum atomic E-state index is -2.00. The Labute approximate surface area is 135 Å². The number of halogens is 1. The molecule has 5 nitrogen and oxygen atoms in total. The van der Waals surface area contributed by atoms with E-state index < -0.39 is 24.0 Å². The molecule has 1 heterocycles. The van der Waals surface area contributed by atoms with Crippen LogP contribution in [0, 0.1) is 5.92 Å². The van der Waals surface area contributed by atoms with Crippen LogP contribution in [0.5, 0.6) is 0 Å². The van der Waals surface area contributed by atoms with Crippen molar-refractivity contribution >= 4 is 11.9 Å². The van der Waals surface area contributed by atoms with Gasteiger partial charge in [-0.2, -0.15) is 0 Å².